The standard InChI is InChI=1S/C11H20N4O3S/c1-4-15(5-2)11(16)6-7-13-19(17,18)10-8-12-9(3)14-10/h8,13H,4-7H2,1-3H3,(H,12,14). The number of carbonyl (C=O) groups excluding carboxylic acids is 1. The molecule has 1 rings (SSSR count). The summed E-state index contributed by atoms with van der Waals surface area (Å²) in [6.45, 7) is 6.78. The summed E-state index contributed by atoms with van der Waals surface area (Å²) in [5, 5.41) is 0.0142. The smallest absolute Gasteiger partial charge is 0.257 e. The molecule has 1 amide bonds. The number of hydrogen-bond acceptors (Lipinski definition) is 4. The Hall–Kier alpha value is -1.41. The van der Waals surface area contributed by atoms with E-state index in [1.54, 1.807) is 11.8 Å². The number of hydrogen-bond donors (Lipinski definition) is 2. The van der Waals surface area contributed by atoms with E-state index >= 15 is 0 Å². The number of carbonyl (C=O) groups is 1. The zero-order valence-electron chi connectivity index (χ0n) is 11.4. The quantitative estimate of drug-likeness (QED) is 0.752. The highest BCUT2D eigenvalue weighted by Gasteiger charge is 2.17. The number of amides is 1. The molecule has 0 saturated carbocycles. The second-order valence-corrected chi connectivity index (χ2v) is 5.78. The van der Waals surface area contributed by atoms with Crippen molar-refractivity contribution in [2.24, 2.45) is 0 Å². The third-order valence-corrected chi connectivity index (χ3v) is 4.09. The fourth-order valence-corrected chi connectivity index (χ4v) is 2.64. The number of aryl methyl sites for hydroxylation is 1. The summed E-state index contributed by atoms with van der Waals surface area (Å²) < 4.78 is 26.0. The number of nitrogens with zero attached hydrogens (tertiary/aromatic N) is 2. The molecule has 0 radical (unpaired) electrons. The lowest BCUT2D eigenvalue weighted by atomic mass is 10.3. The van der Waals surface area contributed by atoms with Gasteiger partial charge in [0.25, 0.3) is 10.0 Å². The van der Waals surface area contributed by atoms with Gasteiger partial charge in [0, 0.05) is 26.1 Å². The molecule has 1 aromatic rings. The van der Waals surface area contributed by atoms with Gasteiger partial charge in [-0.2, -0.15) is 0 Å². The van der Waals surface area contributed by atoms with Crippen molar-refractivity contribution in [2.75, 3.05) is 19.6 Å². The molecule has 2 N–H and O–H groups in total. The largest absolute Gasteiger partial charge is 0.343 e. The molecule has 8 heteroatoms. The lowest BCUT2D eigenvalue weighted by Crippen LogP contribution is -2.34. The van der Waals surface area contributed by atoms with Crippen molar-refractivity contribution in [2.45, 2.75) is 32.2 Å². The molecule has 0 saturated heterocycles. The Kier molecular flexibility index (Phi) is 5.49. The maximum atomic E-state index is 11.8. The fourth-order valence-electron chi connectivity index (χ4n) is 1.64. The van der Waals surface area contributed by atoms with Crippen LogP contribution in [0.4, 0.5) is 0 Å². The molecule has 0 aromatic carbocycles. The summed E-state index contributed by atoms with van der Waals surface area (Å²) in [4.78, 5) is 19.8. The molecule has 0 aliphatic rings. The monoisotopic (exact) mass is 288 g/mol. The van der Waals surface area contributed by atoms with E-state index in [1.807, 2.05) is 13.8 Å². The van der Waals surface area contributed by atoms with E-state index in [4.69, 9.17) is 0 Å². The average molecular weight is 288 g/mol. The van der Waals surface area contributed by atoms with Gasteiger partial charge in [0.15, 0.2) is 5.03 Å². The van der Waals surface area contributed by atoms with E-state index in [2.05, 4.69) is 14.7 Å². The van der Waals surface area contributed by atoms with E-state index in [0.717, 1.165) is 0 Å². The molecular weight excluding hydrogens is 268 g/mol. The molecule has 7 nitrogen and oxygen atoms in total. The van der Waals surface area contributed by atoms with Crippen molar-refractivity contribution < 1.29 is 13.2 Å². The van der Waals surface area contributed by atoms with Crippen LogP contribution >= 0.6 is 0 Å². The number of aromatic nitrogens is 2. The fraction of sp³-hybridized carbons (Fsp3) is 0.636. The molecule has 1 heterocycles. The molecule has 0 aliphatic carbocycles. The van der Waals surface area contributed by atoms with Crippen LogP contribution in [0.1, 0.15) is 26.1 Å². The Balaban J connectivity index is 2.51. The highest BCUT2D eigenvalue weighted by Crippen LogP contribution is 2.04. The van der Waals surface area contributed by atoms with Crippen LogP contribution in [0.3, 0.4) is 0 Å². The molecule has 0 fully saturated rings. The van der Waals surface area contributed by atoms with Crippen molar-refractivity contribution in [3.63, 3.8) is 0 Å². The van der Waals surface area contributed by atoms with Crippen LogP contribution in [0, 0.1) is 6.92 Å². The number of sulfonamides is 1. The Bertz CT molecular complexity index is 520. The van der Waals surface area contributed by atoms with Gasteiger partial charge in [-0.15, -0.1) is 0 Å². The zero-order valence-corrected chi connectivity index (χ0v) is 12.2. The molecule has 0 aliphatic heterocycles. The van der Waals surface area contributed by atoms with Crippen molar-refractivity contribution in [1.82, 2.24) is 19.6 Å². The first kappa shape index (κ1) is 15.6. The van der Waals surface area contributed by atoms with Gasteiger partial charge in [-0.25, -0.2) is 18.1 Å². The summed E-state index contributed by atoms with van der Waals surface area (Å²) in [7, 11) is -3.61. The van der Waals surface area contributed by atoms with Crippen LogP contribution in [0.2, 0.25) is 0 Å². The van der Waals surface area contributed by atoms with E-state index in [1.165, 1.54) is 6.20 Å². The van der Waals surface area contributed by atoms with Gasteiger partial charge in [0.2, 0.25) is 5.91 Å². The van der Waals surface area contributed by atoms with E-state index in [-0.39, 0.29) is 23.9 Å². The van der Waals surface area contributed by atoms with Gasteiger partial charge in [-0.1, -0.05) is 0 Å². The van der Waals surface area contributed by atoms with Gasteiger partial charge >= 0.3 is 0 Å². The molecule has 19 heavy (non-hydrogen) atoms. The number of rotatable bonds is 7. The summed E-state index contributed by atoms with van der Waals surface area (Å²) >= 11 is 0. The third kappa shape index (κ3) is 4.32. The first-order chi connectivity index (χ1) is 8.90. The van der Waals surface area contributed by atoms with Crippen LogP contribution in [0.5, 0.6) is 0 Å². The van der Waals surface area contributed by atoms with Gasteiger partial charge in [0.05, 0.1) is 6.20 Å². The topological polar surface area (TPSA) is 95.2 Å². The molecule has 0 unspecified atom stereocenters. The van der Waals surface area contributed by atoms with Crippen molar-refractivity contribution in [3.05, 3.63) is 12.0 Å². The third-order valence-electron chi connectivity index (χ3n) is 2.72. The number of imidazole rings is 1. The van der Waals surface area contributed by atoms with Crippen molar-refractivity contribution >= 4 is 15.9 Å². The lowest BCUT2D eigenvalue weighted by molar-refractivity contribution is -0.130. The Labute approximate surface area is 113 Å². The molecule has 0 bridgehead atoms. The predicted molar refractivity (Wildman–Crippen MR) is 71.1 cm³/mol. The Morgan fingerprint density at radius 2 is 2.05 bits per heavy atom. The first-order valence-electron chi connectivity index (χ1n) is 6.19. The molecule has 1 aromatic heterocycles. The van der Waals surface area contributed by atoms with E-state index in [0.29, 0.717) is 18.9 Å². The number of H-pyrrole nitrogens is 1. The zero-order chi connectivity index (χ0) is 14.5. The maximum absolute atomic E-state index is 11.8. The van der Waals surface area contributed by atoms with Crippen molar-refractivity contribution in [3.8, 4) is 0 Å². The summed E-state index contributed by atoms with van der Waals surface area (Å²) in [5.74, 6) is 0.466. The summed E-state index contributed by atoms with van der Waals surface area (Å²) in [5.41, 5.74) is 0. The van der Waals surface area contributed by atoms with Gasteiger partial charge in [-0.3, -0.25) is 4.79 Å². The normalized spacial score (nSPS) is 11.5. The predicted octanol–water partition coefficient (Wildman–Crippen LogP) is 0.255. The van der Waals surface area contributed by atoms with Crippen LogP contribution in [-0.4, -0.2) is 48.8 Å². The Morgan fingerprint density at radius 3 is 2.53 bits per heavy atom. The van der Waals surface area contributed by atoms with Crippen LogP contribution < -0.4 is 4.72 Å². The van der Waals surface area contributed by atoms with Crippen LogP contribution in [0.15, 0.2) is 11.2 Å². The average Bonchev–Trinajstić information content (AvgIpc) is 2.78. The second-order valence-electron chi connectivity index (χ2n) is 4.05. The minimum atomic E-state index is -3.61. The SMILES string of the molecule is CCN(CC)C(=O)CCNS(=O)(=O)c1cnc(C)[nH]1. The van der Waals surface area contributed by atoms with E-state index in [9.17, 15) is 13.2 Å². The number of aromatic amines is 1. The summed E-state index contributed by atoms with van der Waals surface area (Å²) in [6.07, 6.45) is 1.40. The maximum Gasteiger partial charge on any atom is 0.257 e. The van der Waals surface area contributed by atoms with Crippen molar-refractivity contribution in [1.29, 1.82) is 0 Å². The molecular formula is C11H20N4O3S. The second kappa shape index (κ2) is 6.67. The molecule has 0 atom stereocenters. The van der Waals surface area contributed by atoms with Crippen LogP contribution in [-0.2, 0) is 14.8 Å². The highest BCUT2D eigenvalue weighted by molar-refractivity contribution is 7.89. The first-order valence-corrected chi connectivity index (χ1v) is 7.68. The number of nitrogens with one attached hydrogen (secondary N) is 2. The van der Waals surface area contributed by atoms with E-state index < -0.39 is 10.0 Å². The lowest BCUT2D eigenvalue weighted by Gasteiger charge is -2.18. The van der Waals surface area contributed by atoms with Crippen LogP contribution in [0.25, 0.3) is 0 Å². The minimum absolute atomic E-state index is 0.0142. The minimum Gasteiger partial charge on any atom is -0.343 e. The highest BCUT2D eigenvalue weighted by atomic mass is 32.2. The van der Waals surface area contributed by atoms with Gasteiger partial charge < -0.3 is 9.88 Å². The molecule has 0 spiro atoms. The summed E-state index contributed by atoms with van der Waals surface area (Å²) in [6, 6.07) is 0. The van der Waals surface area contributed by atoms with Gasteiger partial charge in [-0.05, 0) is 20.8 Å². The van der Waals surface area contributed by atoms with Gasteiger partial charge in [0.1, 0.15) is 5.82 Å². The molecule has 108 valence electrons. The Morgan fingerprint density at radius 1 is 1.42 bits per heavy atom.